The molecular weight excluding hydrogens is 322 g/mol. The van der Waals surface area contributed by atoms with E-state index >= 15 is 0 Å². The maximum absolute atomic E-state index is 13.8. The molecule has 3 rings (SSSR count). The van der Waals surface area contributed by atoms with Crippen LogP contribution in [0.4, 0.5) is 8.78 Å². The SMILES string of the molecule is CN1CCC(C(=O)N2CCCC(CCc3c(F)cccc3F)C2)CC1. The number of carbonyl (C=O) groups is 1. The van der Waals surface area contributed by atoms with Crippen LogP contribution >= 0.6 is 0 Å². The van der Waals surface area contributed by atoms with E-state index in [0.717, 1.165) is 58.3 Å². The van der Waals surface area contributed by atoms with Crippen molar-refractivity contribution in [3.8, 4) is 0 Å². The predicted molar refractivity (Wildman–Crippen MR) is 94.2 cm³/mol. The largest absolute Gasteiger partial charge is 0.342 e. The molecule has 0 aromatic heterocycles. The van der Waals surface area contributed by atoms with E-state index in [4.69, 9.17) is 0 Å². The molecule has 0 bridgehead atoms. The van der Waals surface area contributed by atoms with E-state index in [0.29, 0.717) is 12.3 Å². The van der Waals surface area contributed by atoms with Gasteiger partial charge < -0.3 is 9.80 Å². The van der Waals surface area contributed by atoms with Crippen molar-refractivity contribution >= 4 is 5.91 Å². The quantitative estimate of drug-likeness (QED) is 0.830. The number of benzene rings is 1. The fraction of sp³-hybridized carbons (Fsp3) is 0.650. The van der Waals surface area contributed by atoms with Crippen LogP contribution in [0.3, 0.4) is 0 Å². The molecule has 1 atom stereocenters. The zero-order valence-electron chi connectivity index (χ0n) is 15.0. The molecule has 2 fully saturated rings. The first kappa shape index (κ1) is 18.3. The summed E-state index contributed by atoms with van der Waals surface area (Å²) in [5, 5.41) is 0. The van der Waals surface area contributed by atoms with Crippen LogP contribution < -0.4 is 0 Å². The van der Waals surface area contributed by atoms with Crippen molar-refractivity contribution in [2.24, 2.45) is 11.8 Å². The molecule has 1 unspecified atom stereocenters. The molecule has 2 saturated heterocycles. The van der Waals surface area contributed by atoms with Crippen molar-refractivity contribution in [2.75, 3.05) is 33.2 Å². The predicted octanol–water partition coefficient (Wildman–Crippen LogP) is 3.48. The monoisotopic (exact) mass is 350 g/mol. The van der Waals surface area contributed by atoms with Crippen LogP contribution in [-0.2, 0) is 11.2 Å². The van der Waals surface area contributed by atoms with Gasteiger partial charge in [0.15, 0.2) is 0 Å². The van der Waals surface area contributed by atoms with E-state index < -0.39 is 11.6 Å². The van der Waals surface area contributed by atoms with Gasteiger partial charge in [0, 0.05) is 24.6 Å². The Labute approximate surface area is 149 Å². The Morgan fingerprint density at radius 1 is 1.12 bits per heavy atom. The molecule has 1 amide bonds. The number of hydrogen-bond acceptors (Lipinski definition) is 2. The van der Waals surface area contributed by atoms with Crippen molar-refractivity contribution in [2.45, 2.75) is 38.5 Å². The highest BCUT2D eigenvalue weighted by Crippen LogP contribution is 2.26. The third-order valence-electron chi connectivity index (χ3n) is 5.76. The van der Waals surface area contributed by atoms with E-state index in [2.05, 4.69) is 11.9 Å². The minimum Gasteiger partial charge on any atom is -0.342 e. The van der Waals surface area contributed by atoms with Gasteiger partial charge in [-0.2, -0.15) is 0 Å². The Morgan fingerprint density at radius 3 is 2.48 bits per heavy atom. The van der Waals surface area contributed by atoms with E-state index in [9.17, 15) is 13.6 Å². The van der Waals surface area contributed by atoms with Gasteiger partial charge in [-0.25, -0.2) is 8.78 Å². The van der Waals surface area contributed by atoms with Crippen LogP contribution in [0.2, 0.25) is 0 Å². The van der Waals surface area contributed by atoms with E-state index in [1.54, 1.807) is 0 Å². The highest BCUT2D eigenvalue weighted by atomic mass is 19.1. The molecule has 2 aliphatic heterocycles. The molecule has 5 heteroatoms. The number of amides is 1. The summed E-state index contributed by atoms with van der Waals surface area (Å²) in [5.41, 5.74) is 0.182. The highest BCUT2D eigenvalue weighted by Gasteiger charge is 2.30. The molecule has 0 aliphatic carbocycles. The van der Waals surface area contributed by atoms with Crippen LogP contribution in [0.1, 0.15) is 37.7 Å². The molecule has 1 aromatic rings. The van der Waals surface area contributed by atoms with Crippen LogP contribution in [0.15, 0.2) is 18.2 Å². The molecule has 0 radical (unpaired) electrons. The fourth-order valence-corrected chi connectivity index (χ4v) is 4.13. The number of rotatable bonds is 4. The van der Waals surface area contributed by atoms with Gasteiger partial charge in [0.25, 0.3) is 0 Å². The molecule has 0 saturated carbocycles. The second kappa shape index (κ2) is 8.26. The lowest BCUT2D eigenvalue weighted by Crippen LogP contribution is -2.45. The van der Waals surface area contributed by atoms with Crippen molar-refractivity contribution in [1.82, 2.24) is 9.80 Å². The Balaban J connectivity index is 1.53. The summed E-state index contributed by atoms with van der Waals surface area (Å²) in [6.45, 7) is 3.54. The fourth-order valence-electron chi connectivity index (χ4n) is 4.13. The Hall–Kier alpha value is -1.49. The topological polar surface area (TPSA) is 23.6 Å². The lowest BCUT2D eigenvalue weighted by molar-refractivity contribution is -0.138. The number of nitrogens with zero attached hydrogens (tertiary/aromatic N) is 2. The first-order chi connectivity index (χ1) is 12.0. The maximum Gasteiger partial charge on any atom is 0.225 e. The zero-order valence-corrected chi connectivity index (χ0v) is 15.0. The number of carbonyl (C=O) groups excluding carboxylic acids is 1. The summed E-state index contributed by atoms with van der Waals surface area (Å²) in [4.78, 5) is 17.0. The lowest BCUT2D eigenvalue weighted by atomic mass is 9.89. The van der Waals surface area contributed by atoms with Gasteiger partial charge in [-0.3, -0.25) is 4.79 Å². The number of piperidine rings is 2. The summed E-state index contributed by atoms with van der Waals surface area (Å²) in [6.07, 6.45) is 5.04. The first-order valence-electron chi connectivity index (χ1n) is 9.45. The van der Waals surface area contributed by atoms with Crippen molar-refractivity contribution < 1.29 is 13.6 Å². The molecule has 0 spiro atoms. The van der Waals surface area contributed by atoms with Gasteiger partial charge in [0.05, 0.1) is 0 Å². The molecule has 3 nitrogen and oxygen atoms in total. The Kier molecular flexibility index (Phi) is 6.05. The Bertz CT molecular complexity index is 579. The smallest absolute Gasteiger partial charge is 0.225 e. The summed E-state index contributed by atoms with van der Waals surface area (Å²) >= 11 is 0. The van der Waals surface area contributed by atoms with Crippen molar-refractivity contribution in [3.05, 3.63) is 35.4 Å². The molecule has 0 N–H and O–H groups in total. The molecule has 25 heavy (non-hydrogen) atoms. The van der Waals surface area contributed by atoms with Gasteiger partial charge in [0.1, 0.15) is 11.6 Å². The van der Waals surface area contributed by atoms with E-state index in [1.165, 1.54) is 18.2 Å². The first-order valence-corrected chi connectivity index (χ1v) is 9.45. The molecule has 2 aliphatic rings. The average Bonchev–Trinajstić information content (AvgIpc) is 2.62. The average molecular weight is 350 g/mol. The normalized spacial score (nSPS) is 23.0. The summed E-state index contributed by atoms with van der Waals surface area (Å²) in [6, 6.07) is 4.03. The zero-order chi connectivity index (χ0) is 17.8. The van der Waals surface area contributed by atoms with E-state index in [-0.39, 0.29) is 17.4 Å². The van der Waals surface area contributed by atoms with Gasteiger partial charge in [-0.15, -0.1) is 0 Å². The molecule has 138 valence electrons. The summed E-state index contributed by atoms with van der Waals surface area (Å²) in [5.74, 6) is -0.151. The second-order valence-corrected chi connectivity index (χ2v) is 7.61. The van der Waals surface area contributed by atoms with Gasteiger partial charge in [-0.1, -0.05) is 6.07 Å². The van der Waals surface area contributed by atoms with Crippen LogP contribution in [0.25, 0.3) is 0 Å². The van der Waals surface area contributed by atoms with Gasteiger partial charge >= 0.3 is 0 Å². The summed E-state index contributed by atoms with van der Waals surface area (Å²) in [7, 11) is 2.10. The van der Waals surface area contributed by atoms with Gasteiger partial charge in [-0.05, 0) is 76.7 Å². The third-order valence-corrected chi connectivity index (χ3v) is 5.76. The lowest BCUT2D eigenvalue weighted by Gasteiger charge is -2.37. The van der Waals surface area contributed by atoms with Crippen LogP contribution in [-0.4, -0.2) is 48.9 Å². The minimum absolute atomic E-state index is 0.152. The van der Waals surface area contributed by atoms with Crippen LogP contribution in [0, 0.1) is 23.5 Å². The van der Waals surface area contributed by atoms with E-state index in [1.807, 2.05) is 4.90 Å². The standard InChI is InChI=1S/C20H28F2N2O/c1-23-12-9-16(10-13-23)20(25)24-11-3-4-15(14-24)7-8-17-18(21)5-2-6-19(17)22/h2,5-6,15-16H,3-4,7-14H2,1H3. The maximum atomic E-state index is 13.8. The van der Waals surface area contributed by atoms with Crippen LogP contribution in [0.5, 0.6) is 0 Å². The van der Waals surface area contributed by atoms with Gasteiger partial charge in [0.2, 0.25) is 5.91 Å². The second-order valence-electron chi connectivity index (χ2n) is 7.61. The number of hydrogen-bond donors (Lipinski definition) is 0. The Morgan fingerprint density at radius 2 is 1.80 bits per heavy atom. The van der Waals surface area contributed by atoms with Crippen molar-refractivity contribution in [1.29, 1.82) is 0 Å². The number of likely N-dealkylation sites (tertiary alicyclic amines) is 2. The number of halogens is 2. The highest BCUT2D eigenvalue weighted by molar-refractivity contribution is 5.79. The third kappa shape index (κ3) is 4.57. The molecule has 1 aromatic carbocycles. The van der Waals surface area contributed by atoms with Crippen molar-refractivity contribution in [3.63, 3.8) is 0 Å². The minimum atomic E-state index is -0.463. The summed E-state index contributed by atoms with van der Waals surface area (Å²) < 4.78 is 27.6. The molecule has 2 heterocycles. The molecular formula is C20H28F2N2O.